The number of nitrogens with one attached hydrogen (secondary N) is 1. The van der Waals surface area contributed by atoms with Gasteiger partial charge in [-0.1, -0.05) is 24.3 Å². The van der Waals surface area contributed by atoms with Gasteiger partial charge >= 0.3 is 0 Å². The molecule has 3 rings (SSSR count). The summed E-state index contributed by atoms with van der Waals surface area (Å²) in [5, 5.41) is 3.48. The molecule has 0 saturated carbocycles. The zero-order valence-electron chi connectivity index (χ0n) is 15.2. The van der Waals surface area contributed by atoms with Crippen molar-refractivity contribution in [2.45, 2.75) is 13.2 Å². The molecule has 150 valence electrons. The zero-order valence-corrected chi connectivity index (χ0v) is 16.7. The summed E-state index contributed by atoms with van der Waals surface area (Å²) in [5.74, 6) is 0.603. The Hall–Kier alpha value is -1.37. The van der Waals surface area contributed by atoms with E-state index in [0.717, 1.165) is 57.3 Å². The normalized spacial score (nSPS) is 14.1. The molecule has 1 saturated heterocycles. The Morgan fingerprint density at radius 1 is 1.00 bits per heavy atom. The van der Waals surface area contributed by atoms with Crippen LogP contribution in [0, 0.1) is 5.82 Å². The minimum atomic E-state index is -0.228. The lowest BCUT2D eigenvalue weighted by molar-refractivity contribution is -0.00100. The number of hydrogen-bond acceptors (Lipinski definition) is 4. The summed E-state index contributed by atoms with van der Waals surface area (Å²) in [6.45, 7) is 6.99. The van der Waals surface area contributed by atoms with E-state index in [1.165, 1.54) is 17.7 Å². The predicted octanol–water partition coefficient (Wildman–Crippen LogP) is -3.17. The van der Waals surface area contributed by atoms with Crippen molar-refractivity contribution < 1.29 is 38.7 Å². The van der Waals surface area contributed by atoms with Crippen molar-refractivity contribution in [3.8, 4) is 5.75 Å². The van der Waals surface area contributed by atoms with Crippen LogP contribution in [0.1, 0.15) is 11.1 Å². The molecule has 2 aromatic rings. The quantitative estimate of drug-likeness (QED) is 0.462. The summed E-state index contributed by atoms with van der Waals surface area (Å²) in [5.41, 5.74) is 2.15. The van der Waals surface area contributed by atoms with Crippen molar-refractivity contribution in [3.63, 3.8) is 0 Å². The first-order chi connectivity index (χ1) is 12.3. The molecule has 27 heavy (non-hydrogen) atoms. The first-order valence-corrected chi connectivity index (χ1v) is 8.76. The Morgan fingerprint density at radius 3 is 2.48 bits per heavy atom. The van der Waals surface area contributed by atoms with Crippen molar-refractivity contribution in [3.05, 3.63) is 65.5 Å². The number of rotatable bonds is 8. The molecular formula is C20H25Cl2FN2O2-2. The van der Waals surface area contributed by atoms with Gasteiger partial charge in [-0.05, 0) is 35.4 Å². The number of benzene rings is 2. The molecule has 2 aromatic carbocycles. The van der Waals surface area contributed by atoms with Crippen LogP contribution in [0.5, 0.6) is 5.75 Å². The molecule has 1 heterocycles. The minimum absolute atomic E-state index is 0. The molecular weight excluding hydrogens is 390 g/mol. The van der Waals surface area contributed by atoms with Crippen LogP contribution >= 0.6 is 0 Å². The van der Waals surface area contributed by atoms with Crippen LogP contribution < -0.4 is 34.9 Å². The van der Waals surface area contributed by atoms with Crippen LogP contribution in [0.15, 0.2) is 48.5 Å². The largest absolute Gasteiger partial charge is 1.00 e. The minimum Gasteiger partial charge on any atom is -1.00 e. The van der Waals surface area contributed by atoms with Gasteiger partial charge < -0.3 is 39.6 Å². The molecule has 0 aliphatic carbocycles. The second kappa shape index (κ2) is 12.9. The Bertz CT molecular complexity index is 653. The second-order valence-corrected chi connectivity index (χ2v) is 6.19. The van der Waals surface area contributed by atoms with E-state index >= 15 is 0 Å². The van der Waals surface area contributed by atoms with Gasteiger partial charge in [0.2, 0.25) is 0 Å². The van der Waals surface area contributed by atoms with Gasteiger partial charge in [-0.2, -0.15) is 0 Å². The summed E-state index contributed by atoms with van der Waals surface area (Å²) in [6, 6.07) is 14.5. The third-order valence-electron chi connectivity index (χ3n) is 4.25. The molecule has 0 bridgehead atoms. The van der Waals surface area contributed by atoms with E-state index in [-0.39, 0.29) is 30.6 Å². The van der Waals surface area contributed by atoms with Gasteiger partial charge in [-0.3, -0.25) is 4.90 Å². The molecule has 7 heteroatoms. The number of ether oxygens (including phenoxy) is 2. The van der Waals surface area contributed by atoms with Crippen LogP contribution in [0.25, 0.3) is 0 Å². The smallest absolute Gasteiger partial charge is 0.123 e. The Morgan fingerprint density at radius 2 is 1.74 bits per heavy atom. The Kier molecular flexibility index (Phi) is 11.3. The van der Waals surface area contributed by atoms with Crippen molar-refractivity contribution >= 4 is 0 Å². The average molecular weight is 415 g/mol. The second-order valence-electron chi connectivity index (χ2n) is 6.19. The first kappa shape index (κ1) is 23.7. The Labute approximate surface area is 172 Å². The van der Waals surface area contributed by atoms with E-state index in [9.17, 15) is 4.39 Å². The third kappa shape index (κ3) is 8.45. The molecule has 0 amide bonds. The third-order valence-corrected chi connectivity index (χ3v) is 4.25. The first-order valence-electron chi connectivity index (χ1n) is 8.76. The van der Waals surface area contributed by atoms with Crippen molar-refractivity contribution in [2.75, 3.05) is 39.4 Å². The van der Waals surface area contributed by atoms with Gasteiger partial charge in [0.15, 0.2) is 0 Å². The fourth-order valence-corrected chi connectivity index (χ4v) is 2.79. The van der Waals surface area contributed by atoms with Crippen LogP contribution in [-0.4, -0.2) is 44.3 Å². The van der Waals surface area contributed by atoms with Gasteiger partial charge in [-0.25, -0.2) is 4.39 Å². The molecule has 0 spiro atoms. The zero-order chi connectivity index (χ0) is 17.3. The van der Waals surface area contributed by atoms with Crippen LogP contribution in [0.3, 0.4) is 0 Å². The van der Waals surface area contributed by atoms with E-state index in [4.69, 9.17) is 9.47 Å². The summed E-state index contributed by atoms with van der Waals surface area (Å²) in [6.07, 6.45) is 0. The predicted molar refractivity (Wildman–Crippen MR) is 96.1 cm³/mol. The van der Waals surface area contributed by atoms with Gasteiger partial charge in [0.05, 0.1) is 13.2 Å². The maximum atomic E-state index is 12.9. The number of nitrogens with zero attached hydrogens (tertiary/aromatic N) is 1. The van der Waals surface area contributed by atoms with Crippen molar-refractivity contribution in [2.24, 2.45) is 0 Å². The lowest BCUT2D eigenvalue weighted by Crippen LogP contribution is -3.00. The standard InChI is InChI=1S/C20H25FN2O2.2ClH/c21-19-6-4-17(5-7-19)16-25-20-3-1-2-18(14-20)15-22-8-9-23-10-12-24-13-11-23;;/h1-7,14,22H,8-13,15-16H2;2*1H/p-2. The van der Waals surface area contributed by atoms with Gasteiger partial charge in [0.1, 0.15) is 18.2 Å². The molecule has 1 fully saturated rings. The lowest BCUT2D eigenvalue weighted by Gasteiger charge is -2.26. The average Bonchev–Trinajstić information content (AvgIpc) is 2.66. The van der Waals surface area contributed by atoms with Gasteiger partial charge in [0.25, 0.3) is 0 Å². The topological polar surface area (TPSA) is 33.7 Å². The Balaban J connectivity index is 0.00000182. The van der Waals surface area contributed by atoms with Crippen LogP contribution in [0.4, 0.5) is 4.39 Å². The van der Waals surface area contributed by atoms with Crippen LogP contribution in [-0.2, 0) is 17.9 Å². The summed E-state index contributed by atoms with van der Waals surface area (Å²) in [7, 11) is 0. The molecule has 1 aliphatic rings. The van der Waals surface area contributed by atoms with E-state index in [2.05, 4.69) is 16.3 Å². The lowest BCUT2D eigenvalue weighted by atomic mass is 10.2. The van der Waals surface area contributed by atoms with E-state index < -0.39 is 0 Å². The summed E-state index contributed by atoms with van der Waals surface area (Å²) < 4.78 is 24.1. The van der Waals surface area contributed by atoms with Gasteiger partial charge in [-0.15, -0.1) is 0 Å². The van der Waals surface area contributed by atoms with Crippen LogP contribution in [0.2, 0.25) is 0 Å². The maximum absolute atomic E-state index is 12.9. The summed E-state index contributed by atoms with van der Waals surface area (Å²) in [4.78, 5) is 2.42. The highest BCUT2D eigenvalue weighted by Crippen LogP contribution is 2.15. The van der Waals surface area contributed by atoms with Crippen molar-refractivity contribution in [1.82, 2.24) is 10.2 Å². The fraction of sp³-hybridized carbons (Fsp3) is 0.400. The highest BCUT2D eigenvalue weighted by Gasteiger charge is 2.09. The fourth-order valence-electron chi connectivity index (χ4n) is 2.79. The number of halogens is 3. The molecule has 1 N–H and O–H groups in total. The van der Waals surface area contributed by atoms with Gasteiger partial charge in [0, 0.05) is 32.7 Å². The monoisotopic (exact) mass is 414 g/mol. The molecule has 0 atom stereocenters. The number of morpholine rings is 1. The molecule has 4 nitrogen and oxygen atoms in total. The van der Waals surface area contributed by atoms with Crippen molar-refractivity contribution in [1.29, 1.82) is 0 Å². The SMILES string of the molecule is Fc1ccc(COc2cccc(CNCCN3CCOCC3)c2)cc1.[Cl-].[Cl-]. The highest BCUT2D eigenvalue weighted by atomic mass is 35.5. The molecule has 0 aromatic heterocycles. The number of hydrogen-bond donors (Lipinski definition) is 1. The highest BCUT2D eigenvalue weighted by molar-refractivity contribution is 5.29. The summed E-state index contributed by atoms with van der Waals surface area (Å²) >= 11 is 0. The molecule has 1 aliphatic heterocycles. The van der Waals surface area contributed by atoms with E-state index in [1.54, 1.807) is 12.1 Å². The van der Waals surface area contributed by atoms with E-state index in [0.29, 0.717) is 6.61 Å². The molecule has 0 radical (unpaired) electrons. The maximum Gasteiger partial charge on any atom is 0.123 e. The van der Waals surface area contributed by atoms with E-state index in [1.807, 2.05) is 18.2 Å². The molecule has 0 unspecified atom stereocenters.